The largest absolute Gasteiger partial charge is 0.464 e. The molecule has 7 nitrogen and oxygen atoms in total. The number of aliphatic hydroxyl groups excluding tert-OH is 1. The van der Waals surface area contributed by atoms with E-state index < -0.39 is 5.97 Å². The molecule has 8 heteroatoms. The first kappa shape index (κ1) is 21.9. The van der Waals surface area contributed by atoms with Crippen LogP contribution in [-0.2, 0) is 9.53 Å². The lowest BCUT2D eigenvalue weighted by Gasteiger charge is -2.45. The lowest BCUT2D eigenvalue weighted by atomic mass is 9.63. The summed E-state index contributed by atoms with van der Waals surface area (Å²) in [6.45, 7) is 2.74. The van der Waals surface area contributed by atoms with Gasteiger partial charge in [0.25, 0.3) is 5.22 Å². The maximum absolute atomic E-state index is 12.3. The fraction of sp³-hybridized carbons (Fsp3) is 0.667. The highest BCUT2D eigenvalue weighted by molar-refractivity contribution is 7.99. The number of amides is 1. The minimum atomic E-state index is -0.533. The van der Waals surface area contributed by atoms with Crippen molar-refractivity contribution >= 4 is 23.6 Å². The van der Waals surface area contributed by atoms with Gasteiger partial charge in [-0.25, -0.2) is 4.79 Å². The maximum Gasteiger partial charge on any atom is 0.360 e. The van der Waals surface area contributed by atoms with Gasteiger partial charge < -0.3 is 19.2 Å². The number of aromatic nitrogens is 1. The molecule has 2 fully saturated rings. The molecule has 2 heterocycles. The summed E-state index contributed by atoms with van der Waals surface area (Å²) in [7, 11) is 1.30. The second-order valence-electron chi connectivity index (χ2n) is 7.78. The van der Waals surface area contributed by atoms with Crippen molar-refractivity contribution in [3.63, 3.8) is 0 Å². The SMILES string of the molecule is CCC1([C@@H](O)C/C=C/[C@H]2CCC(=O)N2CCSc2nc(C(=O)OC)co2)CCC1. The molecule has 1 saturated carbocycles. The molecule has 3 rings (SSSR count). The molecule has 1 N–H and O–H groups in total. The number of thioether (sulfide) groups is 1. The second-order valence-corrected chi connectivity index (χ2v) is 8.83. The number of carbonyl (C=O) groups is 2. The molecule has 29 heavy (non-hydrogen) atoms. The Morgan fingerprint density at radius 2 is 2.34 bits per heavy atom. The molecule has 1 aromatic heterocycles. The van der Waals surface area contributed by atoms with Gasteiger partial charge in [0.1, 0.15) is 6.26 Å². The van der Waals surface area contributed by atoms with E-state index in [1.165, 1.54) is 31.6 Å². The minimum absolute atomic E-state index is 0.0736. The van der Waals surface area contributed by atoms with E-state index >= 15 is 0 Å². The van der Waals surface area contributed by atoms with Gasteiger partial charge in [0.15, 0.2) is 5.69 Å². The van der Waals surface area contributed by atoms with E-state index in [-0.39, 0.29) is 29.2 Å². The van der Waals surface area contributed by atoms with Crippen molar-refractivity contribution in [3.8, 4) is 0 Å². The van der Waals surface area contributed by atoms with Gasteiger partial charge in [-0.1, -0.05) is 37.3 Å². The topological polar surface area (TPSA) is 92.9 Å². The Morgan fingerprint density at radius 1 is 1.55 bits per heavy atom. The Bertz CT molecular complexity index is 738. The van der Waals surface area contributed by atoms with E-state index in [1.807, 2.05) is 11.0 Å². The third kappa shape index (κ3) is 5.04. The quantitative estimate of drug-likeness (QED) is 0.351. The smallest absolute Gasteiger partial charge is 0.360 e. The van der Waals surface area contributed by atoms with Crippen LogP contribution >= 0.6 is 11.8 Å². The highest BCUT2D eigenvalue weighted by Crippen LogP contribution is 2.47. The number of rotatable bonds is 10. The van der Waals surface area contributed by atoms with Crippen LogP contribution in [0.5, 0.6) is 0 Å². The van der Waals surface area contributed by atoms with Crippen LogP contribution in [0.1, 0.15) is 62.4 Å². The van der Waals surface area contributed by atoms with Crippen LogP contribution in [0.15, 0.2) is 28.1 Å². The molecule has 1 saturated heterocycles. The lowest BCUT2D eigenvalue weighted by Crippen LogP contribution is -2.40. The van der Waals surface area contributed by atoms with E-state index in [0.29, 0.717) is 30.4 Å². The van der Waals surface area contributed by atoms with Crippen molar-refractivity contribution in [1.82, 2.24) is 9.88 Å². The van der Waals surface area contributed by atoms with Crippen molar-refractivity contribution in [1.29, 1.82) is 0 Å². The number of hydrogen-bond acceptors (Lipinski definition) is 7. The zero-order valence-corrected chi connectivity index (χ0v) is 18.0. The summed E-state index contributed by atoms with van der Waals surface area (Å²) >= 11 is 1.36. The van der Waals surface area contributed by atoms with Crippen LogP contribution in [0.25, 0.3) is 0 Å². The zero-order valence-electron chi connectivity index (χ0n) is 17.1. The van der Waals surface area contributed by atoms with Crippen LogP contribution in [0.3, 0.4) is 0 Å². The highest BCUT2D eigenvalue weighted by Gasteiger charge is 2.41. The monoisotopic (exact) mass is 422 g/mol. The van der Waals surface area contributed by atoms with Crippen LogP contribution in [0, 0.1) is 5.41 Å². The molecular weight excluding hydrogens is 392 g/mol. The fourth-order valence-electron chi connectivity index (χ4n) is 4.17. The number of hydrogen-bond donors (Lipinski definition) is 1. The van der Waals surface area contributed by atoms with E-state index in [4.69, 9.17) is 4.42 Å². The summed E-state index contributed by atoms with van der Waals surface area (Å²) in [6, 6.07) is 0.0736. The van der Waals surface area contributed by atoms with E-state index in [2.05, 4.69) is 22.7 Å². The number of carbonyl (C=O) groups excluding carboxylic acids is 2. The number of likely N-dealkylation sites (tertiary alicyclic amines) is 1. The molecule has 160 valence electrons. The van der Waals surface area contributed by atoms with Crippen molar-refractivity contribution in [3.05, 3.63) is 24.1 Å². The van der Waals surface area contributed by atoms with Gasteiger partial charge >= 0.3 is 5.97 Å². The summed E-state index contributed by atoms with van der Waals surface area (Å²) in [5.41, 5.74) is 0.244. The molecule has 2 atom stereocenters. The van der Waals surface area contributed by atoms with Crippen molar-refractivity contribution < 1.29 is 23.8 Å². The number of nitrogens with zero attached hydrogens (tertiary/aromatic N) is 2. The molecule has 1 aromatic rings. The fourth-order valence-corrected chi connectivity index (χ4v) is 4.91. The van der Waals surface area contributed by atoms with Gasteiger partial charge in [-0.2, -0.15) is 4.98 Å². The van der Waals surface area contributed by atoms with Crippen LogP contribution in [-0.4, -0.2) is 58.4 Å². The summed E-state index contributed by atoms with van der Waals surface area (Å²) < 4.78 is 9.87. The van der Waals surface area contributed by atoms with Crippen molar-refractivity contribution in [2.45, 2.75) is 69.2 Å². The van der Waals surface area contributed by atoms with Crippen LogP contribution < -0.4 is 0 Å². The summed E-state index contributed by atoms with van der Waals surface area (Å²) in [6.07, 6.45) is 11.5. The lowest BCUT2D eigenvalue weighted by molar-refractivity contribution is -0.128. The molecule has 0 unspecified atom stereocenters. The number of ether oxygens (including phenoxy) is 1. The third-order valence-electron chi connectivity index (χ3n) is 6.29. The number of esters is 1. The summed E-state index contributed by atoms with van der Waals surface area (Å²) in [5.74, 6) is 0.237. The Balaban J connectivity index is 1.47. The predicted octanol–water partition coefficient (Wildman–Crippen LogP) is 3.43. The summed E-state index contributed by atoms with van der Waals surface area (Å²) in [5, 5.41) is 10.9. The minimum Gasteiger partial charge on any atom is -0.464 e. The Morgan fingerprint density at radius 3 is 3.00 bits per heavy atom. The average Bonchev–Trinajstić information content (AvgIpc) is 3.29. The first-order chi connectivity index (χ1) is 14.0. The van der Waals surface area contributed by atoms with Crippen molar-refractivity contribution in [2.75, 3.05) is 19.4 Å². The molecule has 2 aliphatic rings. The number of oxazole rings is 1. The Kier molecular flexibility index (Phi) is 7.40. The van der Waals surface area contributed by atoms with Crippen LogP contribution in [0.4, 0.5) is 0 Å². The second kappa shape index (κ2) is 9.80. The van der Waals surface area contributed by atoms with E-state index in [9.17, 15) is 14.7 Å². The third-order valence-corrected chi connectivity index (χ3v) is 7.11. The molecule has 1 aliphatic carbocycles. The Labute approximate surface area is 175 Å². The molecule has 0 aromatic carbocycles. The number of aliphatic hydroxyl groups is 1. The first-order valence-corrected chi connectivity index (χ1v) is 11.3. The molecular formula is C21H30N2O5S. The van der Waals surface area contributed by atoms with Gasteiger partial charge in [-0.3, -0.25) is 4.79 Å². The highest BCUT2D eigenvalue weighted by atomic mass is 32.2. The van der Waals surface area contributed by atoms with Gasteiger partial charge in [0.2, 0.25) is 5.91 Å². The van der Waals surface area contributed by atoms with E-state index in [0.717, 1.165) is 25.7 Å². The van der Waals surface area contributed by atoms with Gasteiger partial charge in [0.05, 0.1) is 19.3 Å². The Hall–Kier alpha value is -1.80. The van der Waals surface area contributed by atoms with Gasteiger partial charge in [0, 0.05) is 18.7 Å². The maximum atomic E-state index is 12.3. The molecule has 1 amide bonds. The number of methoxy groups -OCH3 is 1. The first-order valence-electron chi connectivity index (χ1n) is 10.3. The molecule has 1 aliphatic heterocycles. The zero-order chi connectivity index (χ0) is 20.9. The predicted molar refractivity (Wildman–Crippen MR) is 110 cm³/mol. The van der Waals surface area contributed by atoms with Gasteiger partial charge in [-0.15, -0.1) is 0 Å². The average molecular weight is 423 g/mol. The van der Waals surface area contributed by atoms with Crippen LogP contribution in [0.2, 0.25) is 0 Å². The molecule has 0 bridgehead atoms. The van der Waals surface area contributed by atoms with Crippen molar-refractivity contribution in [2.24, 2.45) is 5.41 Å². The van der Waals surface area contributed by atoms with Gasteiger partial charge in [-0.05, 0) is 37.5 Å². The molecule has 0 spiro atoms. The van der Waals surface area contributed by atoms with E-state index in [1.54, 1.807) is 0 Å². The molecule has 0 radical (unpaired) electrons. The summed E-state index contributed by atoms with van der Waals surface area (Å²) in [4.78, 5) is 29.6. The normalized spacial score (nSPS) is 22.1. The standard InChI is InChI=1S/C21H30N2O5S/c1-3-21(10-5-11-21)17(24)7-4-6-15-8-9-18(25)23(15)12-13-29-20-22-16(14-28-20)19(26)27-2/h4,6,14-15,17,24H,3,5,7-13H2,1-2H3/b6-4+/t15-,17-/m0/s1.